The number of phenolic OH excluding ortho intramolecular Hbond substituents is 1. The van der Waals surface area contributed by atoms with Gasteiger partial charge >= 0.3 is 0 Å². The van der Waals surface area contributed by atoms with E-state index in [2.05, 4.69) is 5.32 Å². The van der Waals surface area contributed by atoms with Gasteiger partial charge in [0.05, 0.1) is 23.2 Å². The van der Waals surface area contributed by atoms with E-state index < -0.39 is 75.9 Å². The second kappa shape index (κ2) is 8.96. The van der Waals surface area contributed by atoms with Gasteiger partial charge in [0.1, 0.15) is 11.6 Å². The molecule has 3 aliphatic carbocycles. The van der Waals surface area contributed by atoms with Crippen LogP contribution in [0, 0.1) is 29.5 Å². The summed E-state index contributed by atoms with van der Waals surface area (Å²) in [7, 11) is 7.89. The highest BCUT2D eigenvalue weighted by atomic mass is 19.1. The van der Waals surface area contributed by atoms with Crippen LogP contribution >= 0.6 is 0 Å². The minimum atomic E-state index is -2.82. The third-order valence-electron chi connectivity index (χ3n) is 7.99. The number of hydrogen-bond acceptors (Lipinski definition) is 10. The molecule has 0 spiro atoms. The van der Waals surface area contributed by atoms with E-state index in [1.54, 1.807) is 19.0 Å². The fourth-order valence-electron chi connectivity index (χ4n) is 6.49. The maximum atomic E-state index is 15.8. The first-order valence-corrected chi connectivity index (χ1v) is 11.9. The molecule has 200 valence electrons. The molecule has 3 aliphatic rings. The van der Waals surface area contributed by atoms with E-state index in [0.717, 1.165) is 0 Å². The predicted octanol–water partition coefficient (Wildman–Crippen LogP) is -0.891. The van der Waals surface area contributed by atoms with Crippen LogP contribution in [0.25, 0.3) is 0 Å². The number of carbonyl (C=O) groups is 5. The van der Waals surface area contributed by atoms with E-state index in [1.807, 2.05) is 0 Å². The predicted molar refractivity (Wildman–Crippen MR) is 128 cm³/mol. The largest absolute Gasteiger partial charge is 0.505 e. The van der Waals surface area contributed by atoms with E-state index >= 15 is 4.39 Å². The lowest BCUT2D eigenvalue weighted by atomic mass is 9.52. The maximum absolute atomic E-state index is 15.8. The topological polar surface area (TPSA) is 170 Å². The van der Waals surface area contributed by atoms with Crippen LogP contribution in [0.2, 0.25) is 0 Å². The van der Waals surface area contributed by atoms with Gasteiger partial charge in [-0.1, -0.05) is 0 Å². The fourth-order valence-corrected chi connectivity index (χ4v) is 6.49. The molecular weight excluding hydrogens is 487 g/mol. The SMILES string of the molecule is CNc1c(O)c2c(c(F)c1CN(C)C)CC1CC3C(N(C)C)C(=O)C(C(N)=O)C(=O)C3(O)C(=O)C1C2=O. The smallest absolute Gasteiger partial charge is 0.235 e. The Balaban J connectivity index is 1.90. The number of ketones is 4. The van der Waals surface area contributed by atoms with Crippen molar-refractivity contribution in [2.45, 2.75) is 31.0 Å². The summed E-state index contributed by atoms with van der Waals surface area (Å²) in [5, 5.41) is 25.3. The molecule has 12 heteroatoms. The van der Waals surface area contributed by atoms with Gasteiger partial charge in [-0.15, -0.1) is 0 Å². The van der Waals surface area contributed by atoms with Gasteiger partial charge in [0, 0.05) is 30.6 Å². The van der Waals surface area contributed by atoms with Gasteiger partial charge in [0.15, 0.2) is 34.7 Å². The molecule has 1 aromatic rings. The number of nitrogens with two attached hydrogens (primary N) is 1. The average molecular weight is 519 g/mol. The third kappa shape index (κ3) is 3.61. The van der Waals surface area contributed by atoms with Crippen LogP contribution in [-0.4, -0.2) is 95.9 Å². The van der Waals surface area contributed by atoms with Crippen molar-refractivity contribution in [3.8, 4) is 5.75 Å². The second-order valence-corrected chi connectivity index (χ2v) is 10.6. The van der Waals surface area contributed by atoms with E-state index in [1.165, 1.54) is 26.0 Å². The molecular formula is C25H31FN4O7. The van der Waals surface area contributed by atoms with E-state index in [9.17, 15) is 34.2 Å². The van der Waals surface area contributed by atoms with Gasteiger partial charge in [-0.2, -0.15) is 0 Å². The number of nitrogens with one attached hydrogen (secondary N) is 1. The highest BCUT2D eigenvalue weighted by Gasteiger charge is 2.69. The molecule has 0 radical (unpaired) electrons. The van der Waals surface area contributed by atoms with Crippen molar-refractivity contribution in [3.05, 3.63) is 22.5 Å². The number of halogens is 1. The Morgan fingerprint density at radius 3 is 2.30 bits per heavy atom. The van der Waals surface area contributed by atoms with Crippen molar-refractivity contribution in [3.63, 3.8) is 0 Å². The summed E-state index contributed by atoms with van der Waals surface area (Å²) in [6.45, 7) is 0.118. The first-order chi connectivity index (χ1) is 17.2. The number of aromatic hydroxyl groups is 1. The van der Waals surface area contributed by atoms with Crippen LogP contribution < -0.4 is 11.1 Å². The number of fused-ring (bicyclic) bond motifs is 3. The number of aliphatic hydroxyl groups is 1. The Hall–Kier alpha value is -3.22. The first-order valence-electron chi connectivity index (χ1n) is 11.9. The molecule has 4 rings (SSSR count). The van der Waals surface area contributed by atoms with E-state index in [4.69, 9.17) is 5.73 Å². The second-order valence-electron chi connectivity index (χ2n) is 10.6. The average Bonchev–Trinajstić information content (AvgIpc) is 2.79. The van der Waals surface area contributed by atoms with E-state index in [-0.39, 0.29) is 41.8 Å². The Kier molecular flexibility index (Phi) is 6.50. The Morgan fingerprint density at radius 2 is 1.78 bits per heavy atom. The Labute approximate surface area is 212 Å². The monoisotopic (exact) mass is 518 g/mol. The summed E-state index contributed by atoms with van der Waals surface area (Å²) in [4.78, 5) is 68.9. The number of phenols is 1. The van der Waals surface area contributed by atoms with Gasteiger partial charge in [-0.05, 0) is 47.0 Å². The highest BCUT2D eigenvalue weighted by molar-refractivity contribution is 6.32. The molecule has 0 aliphatic heterocycles. The number of Topliss-reactive ketones (excluding diaryl/α,β-unsaturated/α-hetero) is 4. The summed E-state index contributed by atoms with van der Waals surface area (Å²) >= 11 is 0. The molecule has 11 nitrogen and oxygen atoms in total. The molecule has 0 aromatic heterocycles. The molecule has 1 amide bonds. The molecule has 6 unspecified atom stereocenters. The molecule has 1 aromatic carbocycles. The lowest BCUT2D eigenvalue weighted by Gasteiger charge is -2.52. The molecule has 0 bridgehead atoms. The third-order valence-corrected chi connectivity index (χ3v) is 7.99. The van der Waals surface area contributed by atoms with Crippen LogP contribution in [0.4, 0.5) is 10.1 Å². The van der Waals surface area contributed by atoms with Crippen molar-refractivity contribution < 1.29 is 38.6 Å². The molecule has 6 atom stereocenters. The lowest BCUT2D eigenvalue weighted by Crippen LogP contribution is -2.74. The van der Waals surface area contributed by atoms with E-state index in [0.29, 0.717) is 0 Å². The number of rotatable bonds is 5. The number of carbonyl (C=O) groups excluding carboxylic acids is 5. The number of benzene rings is 1. The van der Waals surface area contributed by atoms with Gasteiger partial charge in [-0.25, -0.2) is 4.39 Å². The summed E-state index contributed by atoms with van der Waals surface area (Å²) in [5.41, 5.74) is 2.20. The molecule has 0 heterocycles. The number of likely N-dealkylation sites (N-methyl/N-ethyl adjacent to an activating group) is 1. The minimum absolute atomic E-state index is 0.00241. The summed E-state index contributed by atoms with van der Waals surface area (Å²) in [5.74, 6) is -12.5. The quantitative estimate of drug-likeness (QED) is 0.283. The van der Waals surface area contributed by atoms with Crippen LogP contribution in [0.3, 0.4) is 0 Å². The van der Waals surface area contributed by atoms with Crippen molar-refractivity contribution in [2.75, 3.05) is 40.6 Å². The summed E-state index contributed by atoms with van der Waals surface area (Å²) in [6, 6.07) is -1.21. The van der Waals surface area contributed by atoms with Gasteiger partial charge in [-0.3, -0.25) is 28.9 Å². The normalized spacial score (nSPS) is 31.3. The highest BCUT2D eigenvalue weighted by Crippen LogP contribution is 2.52. The molecule has 2 fully saturated rings. The zero-order valence-electron chi connectivity index (χ0n) is 21.3. The van der Waals surface area contributed by atoms with Gasteiger partial charge in [0.25, 0.3) is 0 Å². The standard InChI is InChI=1S/C25H31FN4O7/c1-28-17-11(8-29(2)3)16(26)10-6-9-7-12-18(30(4)5)21(33)15(24(27)36)23(35)25(12,37)22(34)13(9)19(31)14(10)20(17)32/h9,12-13,15,18,28,32,37H,6-8H2,1-5H3,(H2,27,36). The lowest BCUT2D eigenvalue weighted by molar-refractivity contribution is -0.181. The number of amides is 1. The molecule has 37 heavy (non-hydrogen) atoms. The maximum Gasteiger partial charge on any atom is 0.235 e. The van der Waals surface area contributed by atoms with Crippen LogP contribution in [0.1, 0.15) is 27.9 Å². The van der Waals surface area contributed by atoms with Crippen LogP contribution in [0.15, 0.2) is 0 Å². The van der Waals surface area contributed by atoms with Crippen LogP contribution in [0.5, 0.6) is 5.75 Å². The van der Waals surface area contributed by atoms with Crippen molar-refractivity contribution >= 4 is 34.7 Å². The van der Waals surface area contributed by atoms with Crippen LogP contribution in [-0.2, 0) is 32.1 Å². The molecule has 2 saturated carbocycles. The first kappa shape index (κ1) is 26.8. The summed E-state index contributed by atoms with van der Waals surface area (Å²) in [6.07, 6.45) is -0.267. The number of hydrogen-bond donors (Lipinski definition) is 4. The number of anilines is 1. The van der Waals surface area contributed by atoms with Gasteiger partial charge in [0.2, 0.25) is 5.91 Å². The molecule has 0 saturated heterocycles. The molecule has 5 N–H and O–H groups in total. The zero-order chi connectivity index (χ0) is 27.7. The number of primary amides is 1. The van der Waals surface area contributed by atoms with Crippen molar-refractivity contribution in [1.82, 2.24) is 9.80 Å². The number of nitrogens with zero attached hydrogens (tertiary/aromatic N) is 2. The summed E-state index contributed by atoms with van der Waals surface area (Å²) < 4.78 is 15.8. The minimum Gasteiger partial charge on any atom is -0.505 e. The van der Waals surface area contributed by atoms with Gasteiger partial charge < -0.3 is 26.2 Å². The fraction of sp³-hybridized carbons (Fsp3) is 0.560. The Bertz CT molecular complexity index is 1250. The Morgan fingerprint density at radius 1 is 1.16 bits per heavy atom. The van der Waals surface area contributed by atoms with Crippen molar-refractivity contribution in [2.24, 2.45) is 29.4 Å². The van der Waals surface area contributed by atoms with Crippen molar-refractivity contribution in [1.29, 1.82) is 0 Å². The zero-order valence-corrected chi connectivity index (χ0v) is 21.3.